The minimum atomic E-state index is -0.292. The van der Waals surface area contributed by atoms with Gasteiger partial charge in [0.05, 0.1) is 0 Å². The highest BCUT2D eigenvalue weighted by Gasteiger charge is 2.25. The van der Waals surface area contributed by atoms with Crippen molar-refractivity contribution >= 4 is 23.2 Å². The monoisotopic (exact) mass is 369 g/mol. The zero-order chi connectivity index (χ0) is 17.7. The molecule has 1 heterocycles. The molecule has 0 bridgehead atoms. The molecule has 0 amide bonds. The average Bonchev–Trinajstić information content (AvgIpc) is 2.52. The summed E-state index contributed by atoms with van der Waals surface area (Å²) in [7, 11) is 0. The van der Waals surface area contributed by atoms with Gasteiger partial charge >= 0.3 is 0 Å². The highest BCUT2D eigenvalue weighted by atomic mass is 35.5. The van der Waals surface area contributed by atoms with E-state index in [0.29, 0.717) is 27.9 Å². The van der Waals surface area contributed by atoms with Gasteiger partial charge in [0.2, 0.25) is 0 Å². The van der Waals surface area contributed by atoms with Gasteiger partial charge in [-0.05, 0) is 50.5 Å². The largest absolute Gasteiger partial charge is 0.488 e. The summed E-state index contributed by atoms with van der Waals surface area (Å²) in [5, 5.41) is 1.16. The van der Waals surface area contributed by atoms with Crippen LogP contribution in [0.3, 0.4) is 0 Å². The van der Waals surface area contributed by atoms with Gasteiger partial charge in [-0.15, -0.1) is 0 Å². The first kappa shape index (κ1) is 19.0. The molecule has 0 saturated heterocycles. The van der Waals surface area contributed by atoms with E-state index in [-0.39, 0.29) is 17.8 Å². The summed E-state index contributed by atoms with van der Waals surface area (Å²) in [6, 6.07) is 3.01. The van der Waals surface area contributed by atoms with E-state index in [0.717, 1.165) is 18.4 Å². The number of hydrogen-bond donors (Lipinski definition) is 1. The van der Waals surface area contributed by atoms with E-state index >= 15 is 0 Å². The summed E-state index contributed by atoms with van der Waals surface area (Å²) < 4.78 is 20.1. The maximum atomic E-state index is 14.1. The third kappa shape index (κ3) is 4.85. The zero-order valence-corrected chi connectivity index (χ0v) is 15.4. The standard InChI is InChI=1S/C19H22Cl2FNO/c1-3-4-15(21)8-14(7-12(2)20)18-10-16(22)9-13-5-6-17(11-23)24-19(13)18/h3-4,7-10,14,17H,5-6,11,23H2,1-2H3/b4-3-,12-7+,15-8?/t14?,17-/m1/s1. The second-order valence-electron chi connectivity index (χ2n) is 5.83. The Morgan fingerprint density at radius 3 is 2.79 bits per heavy atom. The molecule has 2 atom stereocenters. The number of hydrogen-bond acceptors (Lipinski definition) is 2. The van der Waals surface area contributed by atoms with Crippen LogP contribution in [0.15, 0.2) is 46.5 Å². The molecule has 2 nitrogen and oxygen atoms in total. The van der Waals surface area contributed by atoms with Crippen LogP contribution in [0.4, 0.5) is 4.39 Å². The summed E-state index contributed by atoms with van der Waals surface area (Å²) in [4.78, 5) is 0. The lowest BCUT2D eigenvalue weighted by atomic mass is 9.91. The fraction of sp³-hybridized carbons (Fsp3) is 0.368. The smallest absolute Gasteiger partial charge is 0.127 e. The SMILES string of the molecule is C/C=C\C(Cl)=CC(/C=C(\C)Cl)c1cc(F)cc2c1O[C@@H](CN)CC2. The normalized spacial score (nSPS) is 20.0. The third-order valence-corrected chi connectivity index (χ3v) is 4.25. The number of halogens is 3. The summed E-state index contributed by atoms with van der Waals surface area (Å²) in [6.45, 7) is 4.09. The molecular formula is C19H22Cl2FNO. The zero-order valence-electron chi connectivity index (χ0n) is 13.9. The number of fused-ring (bicyclic) bond motifs is 1. The molecule has 0 radical (unpaired) electrons. The second-order valence-corrected chi connectivity index (χ2v) is 6.86. The van der Waals surface area contributed by atoms with Gasteiger partial charge in [-0.25, -0.2) is 4.39 Å². The van der Waals surface area contributed by atoms with E-state index < -0.39 is 0 Å². The Balaban J connectivity index is 2.55. The molecule has 0 fully saturated rings. The van der Waals surface area contributed by atoms with Crippen molar-refractivity contribution in [2.45, 2.75) is 38.7 Å². The number of rotatable bonds is 5. The fourth-order valence-electron chi connectivity index (χ4n) is 2.82. The van der Waals surface area contributed by atoms with Gasteiger partial charge in [0.25, 0.3) is 0 Å². The lowest BCUT2D eigenvalue weighted by molar-refractivity contribution is 0.179. The van der Waals surface area contributed by atoms with Crippen molar-refractivity contribution in [3.8, 4) is 5.75 Å². The van der Waals surface area contributed by atoms with E-state index in [1.165, 1.54) is 12.1 Å². The van der Waals surface area contributed by atoms with Crippen LogP contribution < -0.4 is 10.5 Å². The summed E-state index contributed by atoms with van der Waals surface area (Å²) in [6.07, 6.45) is 8.76. The fourth-order valence-corrected chi connectivity index (χ4v) is 3.22. The molecule has 1 aliphatic rings. The summed E-state index contributed by atoms with van der Waals surface area (Å²) in [5.74, 6) is 0.116. The molecule has 5 heteroatoms. The second kappa shape index (κ2) is 8.70. The minimum absolute atomic E-state index is 0.0570. The van der Waals surface area contributed by atoms with Gasteiger partial charge in [-0.1, -0.05) is 41.4 Å². The molecule has 24 heavy (non-hydrogen) atoms. The molecule has 0 aromatic heterocycles. The molecule has 2 rings (SSSR count). The Morgan fingerprint density at radius 2 is 2.17 bits per heavy atom. The topological polar surface area (TPSA) is 35.2 Å². The van der Waals surface area contributed by atoms with Crippen molar-refractivity contribution < 1.29 is 9.13 Å². The van der Waals surface area contributed by atoms with Crippen LogP contribution in [-0.2, 0) is 6.42 Å². The van der Waals surface area contributed by atoms with E-state index in [1.54, 1.807) is 13.0 Å². The Bertz CT molecular complexity index is 678. The van der Waals surface area contributed by atoms with Crippen molar-refractivity contribution in [2.24, 2.45) is 5.73 Å². The molecule has 0 aliphatic carbocycles. The van der Waals surface area contributed by atoms with E-state index in [1.807, 2.05) is 25.2 Å². The number of nitrogens with two attached hydrogens (primary N) is 1. The van der Waals surface area contributed by atoms with Crippen molar-refractivity contribution in [2.75, 3.05) is 6.54 Å². The van der Waals surface area contributed by atoms with Gasteiger partial charge in [-0.2, -0.15) is 0 Å². The predicted octanol–water partition coefficient (Wildman–Crippen LogP) is 5.40. The van der Waals surface area contributed by atoms with Gasteiger partial charge in [0, 0.05) is 28.1 Å². The maximum absolute atomic E-state index is 14.1. The molecule has 130 valence electrons. The van der Waals surface area contributed by atoms with Crippen LogP contribution in [0, 0.1) is 5.82 Å². The molecule has 1 unspecified atom stereocenters. The lowest BCUT2D eigenvalue weighted by Crippen LogP contribution is -2.31. The van der Waals surface area contributed by atoms with Crippen LogP contribution in [0.5, 0.6) is 5.75 Å². The lowest BCUT2D eigenvalue weighted by Gasteiger charge is -2.28. The maximum Gasteiger partial charge on any atom is 0.127 e. The van der Waals surface area contributed by atoms with Crippen molar-refractivity contribution in [3.05, 3.63) is 63.4 Å². The average molecular weight is 370 g/mol. The van der Waals surface area contributed by atoms with E-state index in [9.17, 15) is 4.39 Å². The van der Waals surface area contributed by atoms with Gasteiger partial charge in [0.1, 0.15) is 17.7 Å². The predicted molar refractivity (Wildman–Crippen MR) is 99.3 cm³/mol. The Hall–Kier alpha value is -1.29. The van der Waals surface area contributed by atoms with Crippen LogP contribution in [0.1, 0.15) is 37.3 Å². The van der Waals surface area contributed by atoms with Crippen LogP contribution in [0.2, 0.25) is 0 Å². The first-order valence-electron chi connectivity index (χ1n) is 7.97. The minimum Gasteiger partial charge on any atom is -0.488 e. The van der Waals surface area contributed by atoms with Crippen LogP contribution >= 0.6 is 23.2 Å². The van der Waals surface area contributed by atoms with E-state index in [2.05, 4.69) is 0 Å². The van der Waals surface area contributed by atoms with Crippen molar-refractivity contribution in [3.63, 3.8) is 0 Å². The Kier molecular flexibility index (Phi) is 6.90. The Morgan fingerprint density at radius 1 is 1.42 bits per heavy atom. The highest BCUT2D eigenvalue weighted by Crippen LogP contribution is 2.38. The van der Waals surface area contributed by atoms with Crippen LogP contribution in [0.25, 0.3) is 0 Å². The molecule has 1 aromatic carbocycles. The number of aryl methyl sites for hydroxylation is 1. The number of ether oxygens (including phenoxy) is 1. The van der Waals surface area contributed by atoms with Crippen molar-refractivity contribution in [1.29, 1.82) is 0 Å². The molecule has 0 saturated carbocycles. The number of allylic oxidation sites excluding steroid dienone is 6. The Labute approximate surface area is 152 Å². The van der Waals surface area contributed by atoms with Gasteiger partial charge < -0.3 is 10.5 Å². The number of benzene rings is 1. The molecular weight excluding hydrogens is 348 g/mol. The summed E-state index contributed by atoms with van der Waals surface area (Å²) >= 11 is 12.3. The van der Waals surface area contributed by atoms with Crippen LogP contribution in [-0.4, -0.2) is 12.6 Å². The molecule has 0 spiro atoms. The summed E-state index contributed by atoms with van der Waals surface area (Å²) in [5.41, 5.74) is 7.31. The van der Waals surface area contributed by atoms with Gasteiger partial charge in [0.15, 0.2) is 0 Å². The van der Waals surface area contributed by atoms with Crippen molar-refractivity contribution in [1.82, 2.24) is 0 Å². The first-order valence-corrected chi connectivity index (χ1v) is 8.73. The highest BCUT2D eigenvalue weighted by molar-refractivity contribution is 6.31. The quantitative estimate of drug-likeness (QED) is 0.704. The molecule has 1 aliphatic heterocycles. The molecule has 2 N–H and O–H groups in total. The molecule has 1 aromatic rings. The first-order chi connectivity index (χ1) is 11.4. The van der Waals surface area contributed by atoms with Gasteiger partial charge in [-0.3, -0.25) is 0 Å². The van der Waals surface area contributed by atoms with E-state index in [4.69, 9.17) is 33.7 Å². The third-order valence-electron chi connectivity index (χ3n) is 3.88.